The molecule has 2 N–H and O–H groups in total. The number of ether oxygens (including phenoxy) is 1. The van der Waals surface area contributed by atoms with E-state index in [0.29, 0.717) is 6.54 Å². The molecule has 0 aliphatic rings. The van der Waals surface area contributed by atoms with Crippen LogP contribution in [0, 0.1) is 0 Å². The van der Waals surface area contributed by atoms with Crippen LogP contribution < -0.4 is 10.5 Å². The highest BCUT2D eigenvalue weighted by Gasteiger charge is 2.06. The number of rotatable bonds is 6. The summed E-state index contributed by atoms with van der Waals surface area (Å²) in [6.45, 7) is 4.96. The van der Waals surface area contributed by atoms with Gasteiger partial charge in [0.15, 0.2) is 0 Å². The van der Waals surface area contributed by atoms with Crippen LogP contribution in [0.5, 0.6) is 5.75 Å². The average molecular weight is 207 g/mol. The lowest BCUT2D eigenvalue weighted by Gasteiger charge is -2.16. The summed E-state index contributed by atoms with van der Waals surface area (Å²) in [5.74, 6) is 0.990. The molecule has 0 aromatic heterocycles. The highest BCUT2D eigenvalue weighted by atomic mass is 16.5. The maximum absolute atomic E-state index is 5.88. The van der Waals surface area contributed by atoms with E-state index in [-0.39, 0.29) is 6.10 Å². The molecule has 15 heavy (non-hydrogen) atoms. The molecule has 2 nitrogen and oxygen atoms in total. The molecule has 1 atom stereocenters. The summed E-state index contributed by atoms with van der Waals surface area (Å²) < 4.78 is 5.88. The van der Waals surface area contributed by atoms with Gasteiger partial charge in [-0.3, -0.25) is 0 Å². The molecule has 0 radical (unpaired) electrons. The lowest BCUT2D eigenvalue weighted by atomic mass is 10.1. The van der Waals surface area contributed by atoms with E-state index in [1.54, 1.807) is 0 Å². The van der Waals surface area contributed by atoms with Crippen molar-refractivity contribution >= 4 is 0 Å². The topological polar surface area (TPSA) is 35.2 Å². The van der Waals surface area contributed by atoms with Crippen LogP contribution in [0.1, 0.15) is 32.3 Å². The molecule has 1 unspecified atom stereocenters. The zero-order valence-corrected chi connectivity index (χ0v) is 9.70. The van der Waals surface area contributed by atoms with Crippen molar-refractivity contribution in [2.45, 2.75) is 39.2 Å². The first-order valence-electron chi connectivity index (χ1n) is 5.72. The van der Waals surface area contributed by atoms with E-state index < -0.39 is 0 Å². The molecule has 0 amide bonds. The second-order valence-corrected chi connectivity index (χ2v) is 3.86. The molecule has 1 aromatic carbocycles. The summed E-state index contributed by atoms with van der Waals surface area (Å²) in [5, 5.41) is 0. The minimum Gasteiger partial charge on any atom is -0.490 e. The summed E-state index contributed by atoms with van der Waals surface area (Å²) in [6, 6.07) is 8.15. The molecule has 0 aliphatic carbocycles. The summed E-state index contributed by atoms with van der Waals surface area (Å²) in [6.07, 6.45) is 3.42. The van der Waals surface area contributed by atoms with Crippen molar-refractivity contribution in [3.63, 3.8) is 0 Å². The Bertz CT molecular complexity index is 286. The molecule has 0 spiro atoms. The first-order valence-corrected chi connectivity index (χ1v) is 5.72. The van der Waals surface area contributed by atoms with E-state index in [0.717, 1.165) is 25.0 Å². The first-order chi connectivity index (χ1) is 7.27. The molecule has 0 heterocycles. The molecule has 0 saturated heterocycles. The lowest BCUT2D eigenvalue weighted by Crippen LogP contribution is -2.13. The maximum Gasteiger partial charge on any atom is 0.122 e. The van der Waals surface area contributed by atoms with Crippen molar-refractivity contribution in [1.82, 2.24) is 0 Å². The third kappa shape index (κ3) is 3.92. The van der Waals surface area contributed by atoms with Crippen LogP contribution >= 0.6 is 0 Å². The highest BCUT2D eigenvalue weighted by Crippen LogP contribution is 2.20. The molecular formula is C13H21NO. The molecule has 1 rings (SSSR count). The van der Waals surface area contributed by atoms with Crippen molar-refractivity contribution in [3.8, 4) is 5.75 Å². The Labute approximate surface area is 92.4 Å². The van der Waals surface area contributed by atoms with Gasteiger partial charge in [0, 0.05) is 0 Å². The lowest BCUT2D eigenvalue weighted by molar-refractivity contribution is 0.208. The zero-order chi connectivity index (χ0) is 11.1. The number of nitrogens with two attached hydrogens (primary N) is 1. The van der Waals surface area contributed by atoms with Crippen LogP contribution in [0.4, 0.5) is 0 Å². The van der Waals surface area contributed by atoms with Gasteiger partial charge in [0.05, 0.1) is 6.10 Å². The molecule has 1 aromatic rings. The molecule has 0 aliphatic heterocycles. The monoisotopic (exact) mass is 207 g/mol. The Balaban J connectivity index is 2.66. The Morgan fingerprint density at radius 2 is 2.07 bits per heavy atom. The normalized spacial score (nSPS) is 12.5. The molecule has 2 heteroatoms. The molecule has 0 saturated carbocycles. The number of hydrogen-bond acceptors (Lipinski definition) is 2. The predicted molar refractivity (Wildman–Crippen MR) is 64.2 cm³/mol. The van der Waals surface area contributed by atoms with Crippen LogP contribution in [-0.2, 0) is 6.42 Å². The minimum atomic E-state index is 0.286. The summed E-state index contributed by atoms with van der Waals surface area (Å²) in [5.41, 5.74) is 6.77. The van der Waals surface area contributed by atoms with E-state index in [1.165, 1.54) is 5.56 Å². The number of benzene rings is 1. The summed E-state index contributed by atoms with van der Waals surface area (Å²) in [7, 11) is 0. The van der Waals surface area contributed by atoms with E-state index in [9.17, 15) is 0 Å². The first kappa shape index (κ1) is 12.1. The van der Waals surface area contributed by atoms with Gasteiger partial charge in [-0.25, -0.2) is 0 Å². The minimum absolute atomic E-state index is 0.286. The van der Waals surface area contributed by atoms with Crippen LogP contribution in [0.15, 0.2) is 24.3 Å². The Hall–Kier alpha value is -1.02. The van der Waals surface area contributed by atoms with Crippen molar-refractivity contribution in [1.29, 1.82) is 0 Å². The molecular weight excluding hydrogens is 186 g/mol. The van der Waals surface area contributed by atoms with Gasteiger partial charge in [0.25, 0.3) is 0 Å². The average Bonchev–Trinajstić information content (AvgIpc) is 2.21. The smallest absolute Gasteiger partial charge is 0.122 e. The fourth-order valence-electron chi connectivity index (χ4n) is 1.66. The van der Waals surface area contributed by atoms with Crippen LogP contribution in [0.25, 0.3) is 0 Å². The van der Waals surface area contributed by atoms with Gasteiger partial charge in [-0.05, 0) is 37.9 Å². The van der Waals surface area contributed by atoms with Gasteiger partial charge in [-0.15, -0.1) is 0 Å². The quantitative estimate of drug-likeness (QED) is 0.778. The van der Waals surface area contributed by atoms with Gasteiger partial charge >= 0.3 is 0 Å². The number of hydrogen-bond donors (Lipinski definition) is 1. The second-order valence-electron chi connectivity index (χ2n) is 3.86. The van der Waals surface area contributed by atoms with Crippen molar-refractivity contribution in [2.75, 3.05) is 6.54 Å². The van der Waals surface area contributed by atoms with Crippen molar-refractivity contribution in [2.24, 2.45) is 5.73 Å². The molecule has 0 bridgehead atoms. The van der Waals surface area contributed by atoms with E-state index in [1.807, 2.05) is 18.2 Å². The van der Waals surface area contributed by atoms with Crippen LogP contribution in [-0.4, -0.2) is 12.6 Å². The van der Waals surface area contributed by atoms with Gasteiger partial charge in [0.2, 0.25) is 0 Å². The zero-order valence-electron chi connectivity index (χ0n) is 9.70. The maximum atomic E-state index is 5.88. The van der Waals surface area contributed by atoms with E-state index in [2.05, 4.69) is 19.9 Å². The standard InChI is InChI=1S/C13H21NO/c1-3-6-11(2)15-13-8-5-4-7-12(13)9-10-14/h4-5,7-8,11H,3,6,9-10,14H2,1-2H3. The van der Waals surface area contributed by atoms with Crippen molar-refractivity contribution in [3.05, 3.63) is 29.8 Å². The van der Waals surface area contributed by atoms with Gasteiger partial charge < -0.3 is 10.5 Å². The van der Waals surface area contributed by atoms with Crippen LogP contribution in [0.2, 0.25) is 0 Å². The van der Waals surface area contributed by atoms with Crippen LogP contribution in [0.3, 0.4) is 0 Å². The Morgan fingerprint density at radius 3 is 2.73 bits per heavy atom. The predicted octanol–water partition coefficient (Wildman–Crippen LogP) is 2.76. The van der Waals surface area contributed by atoms with Crippen molar-refractivity contribution < 1.29 is 4.74 Å². The van der Waals surface area contributed by atoms with Gasteiger partial charge in [-0.2, -0.15) is 0 Å². The fourth-order valence-corrected chi connectivity index (χ4v) is 1.66. The molecule has 84 valence electrons. The number of para-hydroxylation sites is 1. The largest absolute Gasteiger partial charge is 0.490 e. The SMILES string of the molecule is CCCC(C)Oc1ccccc1CCN. The third-order valence-corrected chi connectivity index (χ3v) is 2.41. The highest BCUT2D eigenvalue weighted by molar-refractivity contribution is 5.33. The summed E-state index contributed by atoms with van der Waals surface area (Å²) >= 11 is 0. The second kappa shape index (κ2) is 6.46. The van der Waals surface area contributed by atoms with E-state index in [4.69, 9.17) is 10.5 Å². The third-order valence-electron chi connectivity index (χ3n) is 2.41. The fraction of sp³-hybridized carbons (Fsp3) is 0.538. The van der Waals surface area contributed by atoms with E-state index >= 15 is 0 Å². The summed E-state index contributed by atoms with van der Waals surface area (Å²) in [4.78, 5) is 0. The Morgan fingerprint density at radius 1 is 1.33 bits per heavy atom. The Kier molecular flexibility index (Phi) is 5.19. The van der Waals surface area contributed by atoms with Gasteiger partial charge in [-0.1, -0.05) is 31.5 Å². The molecule has 0 fully saturated rings. The van der Waals surface area contributed by atoms with Gasteiger partial charge in [0.1, 0.15) is 5.75 Å².